The van der Waals surface area contributed by atoms with Gasteiger partial charge in [-0.15, -0.1) is 0 Å². The van der Waals surface area contributed by atoms with Crippen LogP contribution in [0.1, 0.15) is 5.56 Å². The van der Waals surface area contributed by atoms with Gasteiger partial charge in [0.15, 0.2) is 0 Å². The molecule has 0 spiro atoms. The van der Waals surface area contributed by atoms with Gasteiger partial charge in [-0.3, -0.25) is 0 Å². The maximum Gasteiger partial charge on any atom is 0.129 e. The van der Waals surface area contributed by atoms with Gasteiger partial charge in [0.2, 0.25) is 0 Å². The third-order valence-electron chi connectivity index (χ3n) is 1.93. The molecular weight excluding hydrogens is 305 g/mol. The van der Waals surface area contributed by atoms with Crippen molar-refractivity contribution in [1.29, 1.82) is 0 Å². The number of phenolic OH excluding ortho intramolecular Hbond substituents is 1. The second-order valence-electron chi connectivity index (χ2n) is 3.01. The Morgan fingerprint density at radius 3 is 2.87 bits per heavy atom. The molecule has 0 saturated carbocycles. The molecule has 1 aromatic carbocycles. The minimum Gasteiger partial charge on any atom is -0.507 e. The molecule has 4 heteroatoms. The Morgan fingerprint density at radius 2 is 2.27 bits per heavy atom. The fourth-order valence-electron chi connectivity index (χ4n) is 1.25. The van der Waals surface area contributed by atoms with E-state index in [-0.39, 0.29) is 5.75 Å². The average molecular weight is 319 g/mol. The molecule has 15 heavy (non-hydrogen) atoms. The van der Waals surface area contributed by atoms with Crippen LogP contribution in [-0.2, 0) is 6.42 Å². The number of rotatable bonds is 5. The zero-order chi connectivity index (χ0) is 11.3. The Kier molecular flexibility index (Phi) is 4.90. The zero-order valence-electron chi connectivity index (χ0n) is 8.37. The second-order valence-corrected chi connectivity index (χ2v) is 4.09. The van der Waals surface area contributed by atoms with E-state index in [1.165, 1.54) is 0 Å². The van der Waals surface area contributed by atoms with Gasteiger partial charge in [0.25, 0.3) is 0 Å². The van der Waals surface area contributed by atoms with E-state index >= 15 is 0 Å². The Hall–Kier alpha value is -0.750. The molecule has 3 nitrogen and oxygen atoms in total. The van der Waals surface area contributed by atoms with E-state index in [1.54, 1.807) is 18.2 Å². The highest BCUT2D eigenvalue weighted by atomic mass is 127. The van der Waals surface area contributed by atoms with Crippen LogP contribution in [0.4, 0.5) is 0 Å². The molecular formula is C11H14INO2. The Morgan fingerprint density at radius 1 is 1.53 bits per heavy atom. The Labute approximate surface area is 103 Å². The van der Waals surface area contributed by atoms with Crippen molar-refractivity contribution in [3.8, 4) is 11.5 Å². The molecule has 0 aliphatic carbocycles. The van der Waals surface area contributed by atoms with E-state index in [2.05, 4.69) is 29.2 Å². The number of halogens is 1. The lowest BCUT2D eigenvalue weighted by atomic mass is 10.1. The molecule has 0 fully saturated rings. The fourth-order valence-corrected chi connectivity index (χ4v) is 1.97. The highest BCUT2D eigenvalue weighted by molar-refractivity contribution is 14.1. The first-order valence-corrected chi connectivity index (χ1v) is 5.72. The molecule has 1 aromatic rings. The molecule has 0 saturated heterocycles. The predicted octanol–water partition coefficient (Wildman–Crippen LogP) is 2.06. The predicted molar refractivity (Wildman–Crippen MR) is 69.3 cm³/mol. The molecule has 0 aliphatic heterocycles. The van der Waals surface area contributed by atoms with Crippen molar-refractivity contribution in [1.82, 2.24) is 0 Å². The second kappa shape index (κ2) is 5.97. The highest BCUT2D eigenvalue weighted by Gasteiger charge is 2.10. The largest absolute Gasteiger partial charge is 0.507 e. The molecule has 0 unspecified atom stereocenters. The van der Waals surface area contributed by atoms with Crippen LogP contribution in [0.3, 0.4) is 0 Å². The van der Waals surface area contributed by atoms with Crippen molar-refractivity contribution < 1.29 is 9.84 Å². The topological polar surface area (TPSA) is 55.5 Å². The van der Waals surface area contributed by atoms with Crippen molar-refractivity contribution in [3.05, 3.63) is 33.9 Å². The summed E-state index contributed by atoms with van der Waals surface area (Å²) < 4.78 is 6.29. The lowest BCUT2D eigenvalue weighted by molar-refractivity contribution is 0.357. The third-order valence-corrected chi connectivity index (χ3v) is 3.13. The summed E-state index contributed by atoms with van der Waals surface area (Å²) in [6.07, 6.45) is 2.38. The molecule has 0 amide bonds. The van der Waals surface area contributed by atoms with Crippen molar-refractivity contribution in [3.63, 3.8) is 0 Å². The first kappa shape index (κ1) is 12.3. The molecule has 0 aromatic heterocycles. The van der Waals surface area contributed by atoms with E-state index in [4.69, 9.17) is 10.5 Å². The highest BCUT2D eigenvalue weighted by Crippen LogP contribution is 2.31. The van der Waals surface area contributed by atoms with Crippen LogP contribution in [0.5, 0.6) is 11.5 Å². The van der Waals surface area contributed by atoms with Crippen molar-refractivity contribution in [2.24, 2.45) is 5.73 Å². The SMILES string of the molecule is C=CCOc1ccc(O)c(I)c1CCN. The van der Waals surface area contributed by atoms with Gasteiger partial charge in [-0.05, 0) is 47.7 Å². The number of hydrogen-bond donors (Lipinski definition) is 2. The molecule has 3 N–H and O–H groups in total. The summed E-state index contributed by atoms with van der Waals surface area (Å²) in [4.78, 5) is 0. The average Bonchev–Trinajstić information content (AvgIpc) is 2.24. The van der Waals surface area contributed by atoms with Gasteiger partial charge in [-0.25, -0.2) is 0 Å². The maximum atomic E-state index is 9.55. The Bertz CT molecular complexity index is 353. The number of ether oxygens (including phenoxy) is 1. The number of benzene rings is 1. The van der Waals surface area contributed by atoms with Crippen LogP contribution < -0.4 is 10.5 Å². The van der Waals surface area contributed by atoms with E-state index < -0.39 is 0 Å². The van der Waals surface area contributed by atoms with Crippen molar-refractivity contribution >= 4 is 22.6 Å². The summed E-state index contributed by atoms with van der Waals surface area (Å²) in [7, 11) is 0. The number of hydrogen-bond acceptors (Lipinski definition) is 3. The first-order chi connectivity index (χ1) is 7.20. The van der Waals surface area contributed by atoms with Gasteiger partial charge in [0.1, 0.15) is 18.1 Å². The summed E-state index contributed by atoms with van der Waals surface area (Å²) >= 11 is 2.09. The maximum absolute atomic E-state index is 9.55. The molecule has 82 valence electrons. The number of phenols is 1. The zero-order valence-corrected chi connectivity index (χ0v) is 10.5. The van der Waals surface area contributed by atoms with Crippen LogP contribution in [-0.4, -0.2) is 18.3 Å². The van der Waals surface area contributed by atoms with Gasteiger partial charge in [0, 0.05) is 5.56 Å². The smallest absolute Gasteiger partial charge is 0.129 e. The van der Waals surface area contributed by atoms with Crippen LogP contribution in [0.15, 0.2) is 24.8 Å². The van der Waals surface area contributed by atoms with Gasteiger partial charge in [-0.1, -0.05) is 12.7 Å². The van der Waals surface area contributed by atoms with Crippen LogP contribution in [0.2, 0.25) is 0 Å². The molecule has 0 bridgehead atoms. The van der Waals surface area contributed by atoms with Crippen LogP contribution in [0.25, 0.3) is 0 Å². The van der Waals surface area contributed by atoms with Crippen LogP contribution in [0, 0.1) is 3.57 Å². The van der Waals surface area contributed by atoms with E-state index in [0.29, 0.717) is 19.6 Å². The summed E-state index contributed by atoms with van der Waals surface area (Å²) in [6, 6.07) is 3.38. The summed E-state index contributed by atoms with van der Waals surface area (Å²) in [5.41, 5.74) is 6.47. The number of nitrogens with two attached hydrogens (primary N) is 1. The quantitative estimate of drug-likeness (QED) is 0.645. The van der Waals surface area contributed by atoms with Gasteiger partial charge >= 0.3 is 0 Å². The fraction of sp³-hybridized carbons (Fsp3) is 0.273. The van der Waals surface area contributed by atoms with Crippen molar-refractivity contribution in [2.45, 2.75) is 6.42 Å². The minimum absolute atomic E-state index is 0.269. The minimum atomic E-state index is 0.269. The van der Waals surface area contributed by atoms with E-state index in [9.17, 15) is 5.11 Å². The molecule has 0 aliphatic rings. The van der Waals surface area contributed by atoms with Gasteiger partial charge in [-0.2, -0.15) is 0 Å². The standard InChI is InChI=1S/C11H14INO2/c1-2-7-15-10-4-3-9(14)11(12)8(10)5-6-13/h2-4,14H,1,5-7,13H2. The lowest BCUT2D eigenvalue weighted by Gasteiger charge is -2.12. The van der Waals surface area contributed by atoms with E-state index in [1.807, 2.05) is 0 Å². The van der Waals surface area contributed by atoms with Gasteiger partial charge < -0.3 is 15.6 Å². The monoisotopic (exact) mass is 319 g/mol. The molecule has 0 heterocycles. The Balaban J connectivity index is 3.02. The first-order valence-electron chi connectivity index (χ1n) is 4.64. The summed E-state index contributed by atoms with van der Waals surface area (Å²) in [5, 5.41) is 9.55. The molecule has 0 atom stereocenters. The summed E-state index contributed by atoms with van der Waals surface area (Å²) in [6.45, 7) is 4.58. The van der Waals surface area contributed by atoms with Crippen LogP contribution >= 0.6 is 22.6 Å². The lowest BCUT2D eigenvalue weighted by Crippen LogP contribution is -2.07. The molecule has 1 rings (SSSR count). The molecule has 0 radical (unpaired) electrons. The van der Waals surface area contributed by atoms with Crippen molar-refractivity contribution in [2.75, 3.05) is 13.2 Å². The third kappa shape index (κ3) is 3.10. The summed E-state index contributed by atoms with van der Waals surface area (Å²) in [5.74, 6) is 1.03. The van der Waals surface area contributed by atoms with E-state index in [0.717, 1.165) is 14.9 Å². The normalized spacial score (nSPS) is 10.0. The van der Waals surface area contributed by atoms with Gasteiger partial charge in [0.05, 0.1) is 3.57 Å². The number of aromatic hydroxyl groups is 1.